The van der Waals surface area contributed by atoms with Crippen molar-refractivity contribution in [2.45, 2.75) is 46.2 Å². The molecule has 0 aromatic rings. The maximum absolute atomic E-state index is 13.3. The summed E-state index contributed by atoms with van der Waals surface area (Å²) in [6.07, 6.45) is 1.83. The van der Waals surface area contributed by atoms with Gasteiger partial charge in [0.2, 0.25) is 0 Å². The van der Waals surface area contributed by atoms with Gasteiger partial charge in [-0.05, 0) is 12.3 Å². The fraction of sp³-hybridized carbons (Fsp3) is 0.750. The Labute approximate surface area is 96.8 Å². The predicted molar refractivity (Wildman–Crippen MR) is 62.5 cm³/mol. The highest BCUT2D eigenvalue weighted by molar-refractivity contribution is 5.82. The molecule has 0 bridgehead atoms. The van der Waals surface area contributed by atoms with E-state index in [0.29, 0.717) is 13.0 Å². The van der Waals surface area contributed by atoms with Gasteiger partial charge in [0, 0.05) is 6.08 Å². The van der Waals surface area contributed by atoms with Gasteiger partial charge in [-0.25, -0.2) is 9.18 Å². The normalized spacial score (nSPS) is 13.9. The maximum Gasteiger partial charge on any atom is 0.332 e. The molecule has 0 aliphatic heterocycles. The van der Waals surface area contributed by atoms with Gasteiger partial charge >= 0.3 is 5.97 Å². The molecule has 0 saturated carbocycles. The molecular weight excluding hydrogens is 209 g/mol. The van der Waals surface area contributed by atoms with E-state index in [1.165, 1.54) is 0 Å². The van der Waals surface area contributed by atoms with Crippen molar-refractivity contribution in [3.8, 4) is 0 Å². The van der Waals surface area contributed by atoms with Gasteiger partial charge in [-0.3, -0.25) is 0 Å². The number of hydrogen-bond donors (Lipinski definition) is 1. The molecule has 1 atom stereocenters. The topological polar surface area (TPSA) is 52.3 Å². The van der Waals surface area contributed by atoms with Gasteiger partial charge in [-0.2, -0.15) is 0 Å². The Bertz CT molecular complexity index is 239. The van der Waals surface area contributed by atoms with E-state index < -0.39 is 12.1 Å². The monoisotopic (exact) mass is 231 g/mol. The van der Waals surface area contributed by atoms with Crippen LogP contribution in [0.5, 0.6) is 0 Å². The summed E-state index contributed by atoms with van der Waals surface area (Å²) in [6.45, 7) is 6.16. The second-order valence-electron chi connectivity index (χ2n) is 4.28. The first-order valence-electron chi connectivity index (χ1n) is 5.75. The minimum absolute atomic E-state index is 0.0396. The van der Waals surface area contributed by atoms with Gasteiger partial charge in [0.1, 0.15) is 6.17 Å². The van der Waals surface area contributed by atoms with Crippen LogP contribution < -0.4 is 5.73 Å². The van der Waals surface area contributed by atoms with E-state index in [0.717, 1.165) is 18.9 Å². The lowest BCUT2D eigenvalue weighted by Crippen LogP contribution is -2.16. The van der Waals surface area contributed by atoms with Gasteiger partial charge in [0.25, 0.3) is 0 Å². The van der Waals surface area contributed by atoms with Crippen LogP contribution in [0.25, 0.3) is 0 Å². The first kappa shape index (κ1) is 14.9. The van der Waals surface area contributed by atoms with Crippen LogP contribution in [0.2, 0.25) is 0 Å². The molecule has 0 aromatic heterocycles. The minimum Gasteiger partial charge on any atom is -0.462 e. The maximum atomic E-state index is 13.3. The summed E-state index contributed by atoms with van der Waals surface area (Å²) in [5.41, 5.74) is 5.41. The average molecular weight is 231 g/mol. The van der Waals surface area contributed by atoms with Gasteiger partial charge in [-0.1, -0.05) is 33.6 Å². The van der Waals surface area contributed by atoms with Crippen LogP contribution in [0, 0.1) is 5.92 Å². The first-order valence-corrected chi connectivity index (χ1v) is 5.75. The summed E-state index contributed by atoms with van der Waals surface area (Å²) in [4.78, 5) is 11.2. The van der Waals surface area contributed by atoms with Crippen LogP contribution in [-0.2, 0) is 9.53 Å². The molecule has 4 heteroatoms. The standard InChI is InChI=1S/C12H22FNO2/c1-4-5-6-10(13)11(14)7-12(15)16-8-9(2)3/h7,9-10H,4-6,8,14H2,1-3H3. The lowest BCUT2D eigenvalue weighted by Gasteiger charge is -2.08. The number of hydrogen-bond acceptors (Lipinski definition) is 3. The van der Waals surface area contributed by atoms with Crippen LogP contribution in [0.15, 0.2) is 11.8 Å². The number of carbonyl (C=O) groups excluding carboxylic acids is 1. The highest BCUT2D eigenvalue weighted by Crippen LogP contribution is 2.10. The third-order valence-corrected chi connectivity index (χ3v) is 2.02. The molecule has 1 unspecified atom stereocenters. The quantitative estimate of drug-likeness (QED) is 0.541. The number of nitrogens with two attached hydrogens (primary N) is 1. The number of rotatable bonds is 7. The van der Waals surface area contributed by atoms with Crippen LogP contribution in [0.3, 0.4) is 0 Å². The van der Waals surface area contributed by atoms with E-state index in [-0.39, 0.29) is 11.6 Å². The summed E-state index contributed by atoms with van der Waals surface area (Å²) < 4.78 is 18.2. The van der Waals surface area contributed by atoms with Gasteiger partial charge in [0.05, 0.1) is 12.3 Å². The Kier molecular flexibility index (Phi) is 7.60. The van der Waals surface area contributed by atoms with Crippen molar-refractivity contribution < 1.29 is 13.9 Å². The van der Waals surface area contributed by atoms with E-state index in [2.05, 4.69) is 0 Å². The predicted octanol–water partition coefficient (Wildman–Crippen LogP) is 2.56. The largest absolute Gasteiger partial charge is 0.462 e. The number of halogens is 1. The van der Waals surface area contributed by atoms with Crippen molar-refractivity contribution in [1.82, 2.24) is 0 Å². The molecule has 0 aliphatic rings. The van der Waals surface area contributed by atoms with Gasteiger partial charge < -0.3 is 10.5 Å². The van der Waals surface area contributed by atoms with Crippen molar-refractivity contribution in [2.24, 2.45) is 11.7 Å². The van der Waals surface area contributed by atoms with Crippen molar-refractivity contribution in [2.75, 3.05) is 6.61 Å². The number of alkyl halides is 1. The molecule has 16 heavy (non-hydrogen) atoms. The van der Waals surface area contributed by atoms with E-state index in [9.17, 15) is 9.18 Å². The zero-order chi connectivity index (χ0) is 12.6. The first-order chi connectivity index (χ1) is 7.47. The molecule has 0 amide bonds. The number of carbonyl (C=O) groups is 1. The Morgan fingerprint density at radius 1 is 1.50 bits per heavy atom. The summed E-state index contributed by atoms with van der Waals surface area (Å²) in [5.74, 6) is -0.301. The molecular formula is C12H22FNO2. The van der Waals surface area contributed by atoms with Crippen LogP contribution in [-0.4, -0.2) is 18.7 Å². The molecule has 0 rings (SSSR count). The summed E-state index contributed by atoms with van der Waals surface area (Å²) >= 11 is 0. The van der Waals surface area contributed by atoms with Crippen LogP contribution >= 0.6 is 0 Å². The fourth-order valence-corrected chi connectivity index (χ4v) is 1.07. The molecule has 0 heterocycles. The summed E-state index contributed by atoms with van der Waals surface area (Å²) in [6, 6.07) is 0. The van der Waals surface area contributed by atoms with E-state index in [4.69, 9.17) is 10.5 Å². The molecule has 0 radical (unpaired) electrons. The Morgan fingerprint density at radius 3 is 2.62 bits per heavy atom. The van der Waals surface area contributed by atoms with Gasteiger partial charge in [-0.15, -0.1) is 0 Å². The zero-order valence-electron chi connectivity index (χ0n) is 10.3. The second-order valence-corrected chi connectivity index (χ2v) is 4.28. The molecule has 0 spiro atoms. The van der Waals surface area contributed by atoms with Crippen molar-refractivity contribution >= 4 is 5.97 Å². The molecule has 0 aliphatic carbocycles. The lowest BCUT2D eigenvalue weighted by atomic mass is 10.1. The van der Waals surface area contributed by atoms with E-state index in [1.54, 1.807) is 0 Å². The molecule has 0 aromatic carbocycles. The number of unbranched alkanes of at least 4 members (excludes halogenated alkanes) is 1. The smallest absolute Gasteiger partial charge is 0.332 e. The minimum atomic E-state index is -1.24. The average Bonchev–Trinajstić information content (AvgIpc) is 2.22. The second kappa shape index (κ2) is 8.13. The number of esters is 1. The van der Waals surface area contributed by atoms with Crippen molar-refractivity contribution in [3.63, 3.8) is 0 Å². The molecule has 2 N–H and O–H groups in total. The Morgan fingerprint density at radius 2 is 2.12 bits per heavy atom. The Balaban J connectivity index is 4.03. The SMILES string of the molecule is CCCCC(F)C(N)=CC(=O)OCC(C)C. The zero-order valence-corrected chi connectivity index (χ0v) is 10.3. The van der Waals surface area contributed by atoms with Crippen LogP contribution in [0.1, 0.15) is 40.0 Å². The highest BCUT2D eigenvalue weighted by Gasteiger charge is 2.11. The summed E-state index contributed by atoms with van der Waals surface area (Å²) in [5, 5.41) is 0. The third kappa shape index (κ3) is 7.26. The molecule has 94 valence electrons. The Hall–Kier alpha value is -1.06. The lowest BCUT2D eigenvalue weighted by molar-refractivity contribution is -0.138. The van der Waals surface area contributed by atoms with Crippen LogP contribution in [0.4, 0.5) is 4.39 Å². The molecule has 3 nitrogen and oxygen atoms in total. The van der Waals surface area contributed by atoms with Crippen molar-refractivity contribution in [1.29, 1.82) is 0 Å². The number of ether oxygens (including phenoxy) is 1. The van der Waals surface area contributed by atoms with E-state index >= 15 is 0 Å². The molecule has 0 saturated heterocycles. The van der Waals surface area contributed by atoms with E-state index in [1.807, 2.05) is 20.8 Å². The molecule has 0 fully saturated rings. The van der Waals surface area contributed by atoms with Crippen molar-refractivity contribution in [3.05, 3.63) is 11.8 Å². The fourth-order valence-electron chi connectivity index (χ4n) is 1.07. The van der Waals surface area contributed by atoms with Gasteiger partial charge in [0.15, 0.2) is 0 Å². The summed E-state index contributed by atoms with van der Waals surface area (Å²) in [7, 11) is 0. The number of allylic oxidation sites excluding steroid dienone is 1. The third-order valence-electron chi connectivity index (χ3n) is 2.02. The highest BCUT2D eigenvalue weighted by atomic mass is 19.1.